The summed E-state index contributed by atoms with van der Waals surface area (Å²) in [6.07, 6.45) is 0.296. The van der Waals surface area contributed by atoms with Gasteiger partial charge in [0, 0.05) is 11.4 Å². The molecule has 1 rings (SSSR count). The van der Waals surface area contributed by atoms with Crippen LogP contribution in [-0.2, 0) is 14.8 Å². The minimum Gasteiger partial charge on any atom is -0.298 e. The molecule has 0 amide bonds. The van der Waals surface area contributed by atoms with Crippen molar-refractivity contribution in [3.8, 4) is 0 Å². The summed E-state index contributed by atoms with van der Waals surface area (Å²) in [5.74, 6) is -0.150. The quantitative estimate of drug-likeness (QED) is 0.894. The van der Waals surface area contributed by atoms with E-state index in [0.29, 0.717) is 11.4 Å². The Balaban J connectivity index is 2.89. The van der Waals surface area contributed by atoms with Gasteiger partial charge in [-0.1, -0.05) is 18.5 Å². The highest BCUT2D eigenvalue weighted by atomic mass is 35.5. The predicted octanol–water partition coefficient (Wildman–Crippen LogP) is 1.99. The lowest BCUT2D eigenvalue weighted by Crippen LogP contribution is -2.38. The van der Waals surface area contributed by atoms with Gasteiger partial charge in [-0.25, -0.2) is 13.1 Å². The molecule has 0 saturated carbocycles. The Hall–Kier alpha value is -0.910. The molecule has 4 nitrogen and oxygen atoms in total. The van der Waals surface area contributed by atoms with Crippen LogP contribution in [0, 0.1) is 0 Å². The third kappa shape index (κ3) is 3.80. The van der Waals surface area contributed by atoms with Crippen molar-refractivity contribution in [3.63, 3.8) is 0 Å². The molecule has 1 unspecified atom stereocenters. The largest absolute Gasteiger partial charge is 0.298 e. The first-order chi connectivity index (χ1) is 7.86. The molecule has 1 aromatic carbocycles. The van der Waals surface area contributed by atoms with Crippen LogP contribution in [0.4, 0.5) is 0 Å². The molecule has 0 aliphatic carbocycles. The maximum atomic E-state index is 11.9. The molecule has 0 bridgehead atoms. The second-order valence-corrected chi connectivity index (χ2v) is 5.77. The maximum absolute atomic E-state index is 11.9. The highest BCUT2D eigenvalue weighted by Crippen LogP contribution is 2.14. The van der Waals surface area contributed by atoms with Crippen molar-refractivity contribution in [2.24, 2.45) is 0 Å². The van der Waals surface area contributed by atoms with Gasteiger partial charge in [-0.15, -0.1) is 0 Å². The van der Waals surface area contributed by atoms with E-state index in [1.807, 2.05) is 0 Å². The molecule has 0 aliphatic heterocycles. The minimum absolute atomic E-state index is 0.0950. The summed E-state index contributed by atoms with van der Waals surface area (Å²) in [4.78, 5) is 11.4. The third-order valence-corrected chi connectivity index (χ3v) is 4.10. The first-order valence-corrected chi connectivity index (χ1v) is 7.03. The Labute approximate surface area is 106 Å². The van der Waals surface area contributed by atoms with Crippen molar-refractivity contribution in [1.29, 1.82) is 0 Å². The van der Waals surface area contributed by atoms with Crippen LogP contribution in [0.2, 0.25) is 5.02 Å². The van der Waals surface area contributed by atoms with Crippen molar-refractivity contribution < 1.29 is 13.2 Å². The van der Waals surface area contributed by atoms with Gasteiger partial charge in [-0.05, 0) is 31.2 Å². The zero-order chi connectivity index (χ0) is 13.1. The van der Waals surface area contributed by atoms with Crippen LogP contribution in [0.5, 0.6) is 0 Å². The fourth-order valence-corrected chi connectivity index (χ4v) is 2.64. The molecule has 94 valence electrons. The van der Waals surface area contributed by atoms with Crippen LogP contribution >= 0.6 is 11.6 Å². The molecule has 0 heterocycles. The molecule has 0 aromatic heterocycles. The number of hydrogen-bond acceptors (Lipinski definition) is 3. The lowest BCUT2D eigenvalue weighted by atomic mass is 10.2. The molecular weight excluding hydrogens is 262 g/mol. The van der Waals surface area contributed by atoms with E-state index in [4.69, 9.17) is 11.6 Å². The molecular formula is C11H14ClNO3S. The van der Waals surface area contributed by atoms with Gasteiger partial charge in [0.1, 0.15) is 5.78 Å². The van der Waals surface area contributed by atoms with Gasteiger partial charge in [0.05, 0.1) is 10.9 Å². The van der Waals surface area contributed by atoms with E-state index in [1.54, 1.807) is 6.92 Å². The second kappa shape index (κ2) is 5.62. The second-order valence-electron chi connectivity index (χ2n) is 3.62. The highest BCUT2D eigenvalue weighted by Gasteiger charge is 2.20. The van der Waals surface area contributed by atoms with Crippen LogP contribution < -0.4 is 4.72 Å². The minimum atomic E-state index is -3.66. The Bertz CT molecular complexity index is 496. The van der Waals surface area contributed by atoms with E-state index in [0.717, 1.165) is 0 Å². The summed E-state index contributed by atoms with van der Waals surface area (Å²) in [6.45, 7) is 3.22. The summed E-state index contributed by atoms with van der Waals surface area (Å²) in [7, 11) is -3.66. The monoisotopic (exact) mass is 275 g/mol. The third-order valence-electron chi connectivity index (χ3n) is 2.29. The van der Waals surface area contributed by atoms with E-state index < -0.39 is 16.1 Å². The number of ketones is 1. The molecule has 1 N–H and O–H groups in total. The SMILES string of the molecule is CCC(=O)C(C)NS(=O)(=O)c1ccc(Cl)cc1. The predicted molar refractivity (Wildman–Crippen MR) is 66.5 cm³/mol. The molecule has 0 spiro atoms. The van der Waals surface area contributed by atoms with Crippen LogP contribution in [0.25, 0.3) is 0 Å². The molecule has 17 heavy (non-hydrogen) atoms. The smallest absolute Gasteiger partial charge is 0.241 e. The molecule has 6 heteroatoms. The number of rotatable bonds is 5. The summed E-state index contributed by atoms with van der Waals surface area (Å²) < 4.78 is 26.1. The number of carbonyl (C=O) groups excluding carboxylic acids is 1. The topological polar surface area (TPSA) is 63.2 Å². The van der Waals surface area contributed by atoms with Gasteiger partial charge < -0.3 is 0 Å². The molecule has 0 aliphatic rings. The van der Waals surface area contributed by atoms with Crippen LogP contribution in [-0.4, -0.2) is 20.2 Å². The summed E-state index contributed by atoms with van der Waals surface area (Å²) in [5, 5.41) is 0.460. The van der Waals surface area contributed by atoms with Crippen LogP contribution in [0.3, 0.4) is 0 Å². The summed E-state index contributed by atoms with van der Waals surface area (Å²) in [6, 6.07) is 5.05. The fraction of sp³-hybridized carbons (Fsp3) is 0.364. The van der Waals surface area contributed by atoms with E-state index >= 15 is 0 Å². The van der Waals surface area contributed by atoms with Gasteiger partial charge in [-0.2, -0.15) is 0 Å². The Kier molecular flexibility index (Phi) is 4.68. The first-order valence-electron chi connectivity index (χ1n) is 5.17. The van der Waals surface area contributed by atoms with E-state index in [2.05, 4.69) is 4.72 Å². The van der Waals surface area contributed by atoms with Crippen LogP contribution in [0.1, 0.15) is 20.3 Å². The molecule has 0 radical (unpaired) electrons. The zero-order valence-electron chi connectivity index (χ0n) is 9.60. The number of carbonyl (C=O) groups is 1. The van der Waals surface area contributed by atoms with Crippen molar-refractivity contribution in [2.75, 3.05) is 0 Å². The lowest BCUT2D eigenvalue weighted by Gasteiger charge is -2.12. The van der Waals surface area contributed by atoms with Gasteiger partial charge in [-0.3, -0.25) is 4.79 Å². The average molecular weight is 276 g/mol. The average Bonchev–Trinajstić information content (AvgIpc) is 2.27. The molecule has 1 aromatic rings. The number of Topliss-reactive ketones (excluding diaryl/α,β-unsaturated/α-hetero) is 1. The number of sulfonamides is 1. The molecule has 0 fully saturated rings. The van der Waals surface area contributed by atoms with Crippen molar-refractivity contribution in [2.45, 2.75) is 31.2 Å². The molecule has 1 atom stereocenters. The summed E-state index contributed by atoms with van der Waals surface area (Å²) in [5.41, 5.74) is 0. The lowest BCUT2D eigenvalue weighted by molar-refractivity contribution is -0.119. The first kappa shape index (κ1) is 14.2. The van der Waals surface area contributed by atoms with E-state index in [-0.39, 0.29) is 10.7 Å². The van der Waals surface area contributed by atoms with Gasteiger partial charge >= 0.3 is 0 Å². The Morgan fingerprint density at radius 3 is 2.35 bits per heavy atom. The van der Waals surface area contributed by atoms with Crippen molar-refractivity contribution in [1.82, 2.24) is 4.72 Å². The Morgan fingerprint density at radius 1 is 1.35 bits per heavy atom. The van der Waals surface area contributed by atoms with Gasteiger partial charge in [0.2, 0.25) is 10.0 Å². The number of hydrogen-bond donors (Lipinski definition) is 1. The van der Waals surface area contributed by atoms with Crippen molar-refractivity contribution >= 4 is 27.4 Å². The zero-order valence-corrected chi connectivity index (χ0v) is 11.2. The van der Waals surface area contributed by atoms with E-state index in [1.165, 1.54) is 31.2 Å². The number of benzene rings is 1. The van der Waals surface area contributed by atoms with E-state index in [9.17, 15) is 13.2 Å². The molecule has 0 saturated heterocycles. The Morgan fingerprint density at radius 2 is 1.88 bits per heavy atom. The number of halogens is 1. The van der Waals surface area contributed by atoms with Gasteiger partial charge in [0.25, 0.3) is 0 Å². The van der Waals surface area contributed by atoms with Crippen molar-refractivity contribution in [3.05, 3.63) is 29.3 Å². The standard InChI is InChI=1S/C11H14ClNO3S/c1-3-11(14)8(2)13-17(15,16)10-6-4-9(12)5-7-10/h4-8,13H,3H2,1-2H3. The number of nitrogens with one attached hydrogen (secondary N) is 1. The van der Waals surface area contributed by atoms with Gasteiger partial charge in [0.15, 0.2) is 0 Å². The maximum Gasteiger partial charge on any atom is 0.241 e. The fourth-order valence-electron chi connectivity index (χ4n) is 1.29. The summed E-state index contributed by atoms with van der Waals surface area (Å²) >= 11 is 5.67. The highest BCUT2D eigenvalue weighted by molar-refractivity contribution is 7.89. The van der Waals surface area contributed by atoms with Crippen LogP contribution in [0.15, 0.2) is 29.2 Å². The normalized spacial score (nSPS) is 13.4.